The third kappa shape index (κ3) is 4.56. The normalized spacial score (nSPS) is 14.3. The second-order valence-electron chi connectivity index (χ2n) is 7.06. The van der Waals surface area contributed by atoms with Gasteiger partial charge in [0.2, 0.25) is 17.5 Å². The molecule has 0 aliphatic carbocycles. The van der Waals surface area contributed by atoms with Crippen LogP contribution in [0.2, 0.25) is 0 Å². The summed E-state index contributed by atoms with van der Waals surface area (Å²) >= 11 is 0. The lowest BCUT2D eigenvalue weighted by Gasteiger charge is -2.34. The predicted molar refractivity (Wildman–Crippen MR) is 112 cm³/mol. The van der Waals surface area contributed by atoms with Crippen LogP contribution in [0.5, 0.6) is 11.5 Å². The van der Waals surface area contributed by atoms with Crippen LogP contribution in [0.25, 0.3) is 0 Å². The van der Waals surface area contributed by atoms with Gasteiger partial charge in [0, 0.05) is 32.7 Å². The average molecular weight is 404 g/mol. The molecule has 1 saturated heterocycles. The Bertz CT molecular complexity index is 1000. The van der Waals surface area contributed by atoms with Crippen LogP contribution in [-0.4, -0.2) is 43.2 Å². The van der Waals surface area contributed by atoms with Gasteiger partial charge in [-0.15, -0.1) is 0 Å². The van der Waals surface area contributed by atoms with Gasteiger partial charge >= 0.3 is 0 Å². The lowest BCUT2D eigenvalue weighted by molar-refractivity contribution is 0.237. The van der Waals surface area contributed by atoms with Gasteiger partial charge in [0.1, 0.15) is 6.07 Å². The zero-order chi connectivity index (χ0) is 20.8. The molecule has 0 spiro atoms. The number of nitrogens with zero attached hydrogens (tertiary/aromatic N) is 4. The quantitative estimate of drug-likeness (QED) is 0.597. The van der Waals surface area contributed by atoms with Crippen molar-refractivity contribution >= 4 is 5.88 Å². The van der Waals surface area contributed by atoms with Gasteiger partial charge in [-0.2, -0.15) is 10.2 Å². The van der Waals surface area contributed by atoms with E-state index in [1.165, 1.54) is 5.56 Å². The van der Waals surface area contributed by atoms with Crippen LogP contribution in [0.4, 0.5) is 5.88 Å². The number of methoxy groups -OCH3 is 1. The van der Waals surface area contributed by atoms with Crippen LogP contribution in [0.1, 0.15) is 17.1 Å². The standard InChI is InChI=1S/C23H24N4O3/c1-28-20-9-5-6-10-21(20)29-17-22-25-19(15-24)23(30-22)27-13-11-26(12-14-27)16-18-7-3-2-4-8-18/h2-10H,11-14,16-17H2,1H3. The van der Waals surface area contributed by atoms with Crippen molar-refractivity contribution in [2.45, 2.75) is 13.2 Å². The number of aromatic nitrogens is 1. The Balaban J connectivity index is 1.38. The number of ether oxygens (including phenoxy) is 2. The van der Waals surface area contributed by atoms with Gasteiger partial charge in [-0.3, -0.25) is 4.90 Å². The first-order chi connectivity index (χ1) is 14.8. The SMILES string of the molecule is COc1ccccc1OCc1nc(C#N)c(N2CCN(Cc3ccccc3)CC2)o1. The molecule has 7 heteroatoms. The number of oxazole rings is 1. The zero-order valence-electron chi connectivity index (χ0n) is 17.0. The van der Waals surface area contributed by atoms with Gasteiger partial charge in [0.25, 0.3) is 0 Å². The van der Waals surface area contributed by atoms with E-state index in [0.717, 1.165) is 32.7 Å². The monoisotopic (exact) mass is 404 g/mol. The molecular formula is C23H24N4O3. The lowest BCUT2D eigenvalue weighted by Crippen LogP contribution is -2.46. The molecule has 0 saturated carbocycles. The van der Waals surface area contributed by atoms with Crippen LogP contribution < -0.4 is 14.4 Å². The Morgan fingerprint density at radius 3 is 2.40 bits per heavy atom. The van der Waals surface area contributed by atoms with Crippen molar-refractivity contribution in [2.24, 2.45) is 0 Å². The molecule has 0 N–H and O–H groups in total. The maximum atomic E-state index is 9.51. The molecule has 0 bridgehead atoms. The second-order valence-corrected chi connectivity index (χ2v) is 7.06. The summed E-state index contributed by atoms with van der Waals surface area (Å²) in [7, 11) is 1.59. The molecule has 1 aromatic heterocycles. The Morgan fingerprint density at radius 1 is 1.00 bits per heavy atom. The summed E-state index contributed by atoms with van der Waals surface area (Å²) in [5.74, 6) is 2.14. The lowest BCUT2D eigenvalue weighted by atomic mass is 10.2. The first-order valence-electron chi connectivity index (χ1n) is 9.93. The number of benzene rings is 2. The minimum atomic E-state index is 0.128. The zero-order valence-corrected chi connectivity index (χ0v) is 17.0. The van der Waals surface area contributed by atoms with Crippen molar-refractivity contribution in [1.29, 1.82) is 5.26 Å². The Hall–Kier alpha value is -3.50. The number of hydrogen-bond donors (Lipinski definition) is 0. The fraction of sp³-hybridized carbons (Fsp3) is 0.304. The minimum absolute atomic E-state index is 0.128. The van der Waals surface area contributed by atoms with Crippen molar-refractivity contribution in [2.75, 3.05) is 38.2 Å². The van der Waals surface area contributed by atoms with Gasteiger partial charge < -0.3 is 18.8 Å². The number of para-hydroxylation sites is 2. The van der Waals surface area contributed by atoms with Crippen molar-refractivity contribution in [1.82, 2.24) is 9.88 Å². The third-order valence-corrected chi connectivity index (χ3v) is 5.09. The second kappa shape index (κ2) is 9.33. The first kappa shape index (κ1) is 19.8. The van der Waals surface area contributed by atoms with Gasteiger partial charge in [-0.05, 0) is 17.7 Å². The highest BCUT2D eigenvalue weighted by molar-refractivity contribution is 5.48. The Labute approximate surface area is 176 Å². The van der Waals surface area contributed by atoms with Crippen LogP contribution in [0.15, 0.2) is 59.0 Å². The minimum Gasteiger partial charge on any atom is -0.493 e. The summed E-state index contributed by atoms with van der Waals surface area (Å²) in [6, 6.07) is 20.0. The van der Waals surface area contributed by atoms with E-state index < -0.39 is 0 Å². The van der Waals surface area contributed by atoms with E-state index in [0.29, 0.717) is 29.0 Å². The van der Waals surface area contributed by atoms with Crippen molar-refractivity contribution < 1.29 is 13.9 Å². The van der Waals surface area contributed by atoms with E-state index in [9.17, 15) is 5.26 Å². The summed E-state index contributed by atoms with van der Waals surface area (Å²) in [5.41, 5.74) is 1.60. The maximum absolute atomic E-state index is 9.51. The highest BCUT2D eigenvalue weighted by Gasteiger charge is 2.24. The third-order valence-electron chi connectivity index (χ3n) is 5.09. The van der Waals surface area contributed by atoms with Crippen molar-refractivity contribution in [3.63, 3.8) is 0 Å². The molecule has 2 heterocycles. The molecule has 4 rings (SSSR count). The summed E-state index contributed by atoms with van der Waals surface area (Å²) in [4.78, 5) is 8.80. The van der Waals surface area contributed by atoms with E-state index >= 15 is 0 Å². The van der Waals surface area contributed by atoms with Crippen LogP contribution in [-0.2, 0) is 13.2 Å². The molecule has 1 aliphatic heterocycles. The molecule has 1 aliphatic rings. The summed E-state index contributed by atoms with van der Waals surface area (Å²) in [6.07, 6.45) is 0. The molecule has 0 unspecified atom stereocenters. The van der Waals surface area contributed by atoms with Crippen LogP contribution >= 0.6 is 0 Å². The van der Waals surface area contributed by atoms with Crippen LogP contribution in [0, 0.1) is 11.3 Å². The number of rotatable bonds is 7. The molecule has 154 valence electrons. The Morgan fingerprint density at radius 2 is 1.70 bits per heavy atom. The molecule has 2 aromatic carbocycles. The molecule has 0 atom stereocenters. The van der Waals surface area contributed by atoms with Crippen molar-refractivity contribution in [3.8, 4) is 17.6 Å². The fourth-order valence-corrected chi connectivity index (χ4v) is 3.53. The summed E-state index contributed by atoms with van der Waals surface area (Å²) in [6.45, 7) is 4.41. The summed E-state index contributed by atoms with van der Waals surface area (Å²) in [5, 5.41) is 9.51. The van der Waals surface area contributed by atoms with Gasteiger partial charge in [-0.25, -0.2) is 0 Å². The molecular weight excluding hydrogens is 380 g/mol. The predicted octanol–water partition coefficient (Wildman–Crippen LogP) is 3.46. The van der Waals surface area contributed by atoms with E-state index in [1.54, 1.807) is 7.11 Å². The summed E-state index contributed by atoms with van der Waals surface area (Å²) < 4.78 is 17.0. The largest absolute Gasteiger partial charge is 0.493 e. The molecule has 1 fully saturated rings. The molecule has 30 heavy (non-hydrogen) atoms. The van der Waals surface area contributed by atoms with E-state index in [2.05, 4.69) is 45.1 Å². The number of nitriles is 1. The number of piperazine rings is 1. The van der Waals surface area contributed by atoms with Gasteiger partial charge in [0.15, 0.2) is 18.1 Å². The Kier molecular flexibility index (Phi) is 6.16. The van der Waals surface area contributed by atoms with Gasteiger partial charge in [0.05, 0.1) is 7.11 Å². The fourth-order valence-electron chi connectivity index (χ4n) is 3.53. The average Bonchev–Trinajstić information content (AvgIpc) is 3.22. The molecule has 7 nitrogen and oxygen atoms in total. The number of anilines is 1. The first-order valence-corrected chi connectivity index (χ1v) is 9.93. The maximum Gasteiger partial charge on any atom is 0.236 e. The number of hydrogen-bond acceptors (Lipinski definition) is 7. The molecule has 3 aromatic rings. The van der Waals surface area contributed by atoms with E-state index in [4.69, 9.17) is 13.9 Å². The highest BCUT2D eigenvalue weighted by atomic mass is 16.5. The van der Waals surface area contributed by atoms with E-state index in [-0.39, 0.29) is 6.61 Å². The van der Waals surface area contributed by atoms with E-state index in [1.807, 2.05) is 30.3 Å². The topological polar surface area (TPSA) is 74.8 Å². The van der Waals surface area contributed by atoms with Gasteiger partial charge in [-0.1, -0.05) is 42.5 Å². The smallest absolute Gasteiger partial charge is 0.236 e. The van der Waals surface area contributed by atoms with Crippen molar-refractivity contribution in [3.05, 3.63) is 71.7 Å². The molecule has 0 amide bonds. The molecule has 0 radical (unpaired) electrons. The highest BCUT2D eigenvalue weighted by Crippen LogP contribution is 2.28. The van der Waals surface area contributed by atoms with Crippen LogP contribution in [0.3, 0.4) is 0 Å².